The van der Waals surface area contributed by atoms with E-state index in [1.165, 1.54) is 0 Å². The van der Waals surface area contributed by atoms with Crippen molar-refractivity contribution in [1.29, 1.82) is 0 Å². The lowest BCUT2D eigenvalue weighted by Gasteiger charge is -2.32. The number of methoxy groups -OCH3 is 1. The van der Waals surface area contributed by atoms with E-state index in [1.54, 1.807) is 43.6 Å². The van der Waals surface area contributed by atoms with Crippen molar-refractivity contribution in [2.24, 2.45) is 0 Å². The molecule has 0 aliphatic carbocycles. The molecule has 8 heteroatoms. The molecule has 1 aliphatic heterocycles. The first-order valence-electron chi connectivity index (χ1n) is 9.00. The predicted molar refractivity (Wildman–Crippen MR) is 100 cm³/mol. The Hall–Kier alpha value is -2.87. The number of benzene rings is 1. The number of rotatable bonds is 7. The molecule has 27 heavy (non-hydrogen) atoms. The fourth-order valence-corrected chi connectivity index (χ4v) is 3.28. The zero-order valence-electron chi connectivity index (χ0n) is 15.3. The minimum atomic E-state index is -0.771. The van der Waals surface area contributed by atoms with E-state index in [0.717, 1.165) is 25.9 Å². The summed E-state index contributed by atoms with van der Waals surface area (Å²) in [5.74, 6) is 0.400. The second-order valence-electron chi connectivity index (χ2n) is 6.56. The molecule has 0 saturated carbocycles. The number of hydrogen-bond donors (Lipinski definition) is 2. The van der Waals surface area contributed by atoms with Crippen LogP contribution >= 0.6 is 0 Å². The number of nitrogens with zero attached hydrogens (tertiary/aromatic N) is 3. The lowest BCUT2D eigenvalue weighted by atomic mass is 10.1. The number of carbonyl (C=O) groups excluding carboxylic acids is 1. The molecule has 8 nitrogen and oxygen atoms in total. The zero-order chi connectivity index (χ0) is 19.2. The number of amides is 1. The molecule has 1 aromatic carbocycles. The largest absolute Gasteiger partial charge is 0.497 e. The van der Waals surface area contributed by atoms with Crippen LogP contribution in [0.5, 0.6) is 5.75 Å². The Kier molecular flexibility index (Phi) is 6.08. The van der Waals surface area contributed by atoms with E-state index in [4.69, 9.17) is 9.84 Å². The molecule has 2 heterocycles. The van der Waals surface area contributed by atoms with Gasteiger partial charge in [-0.1, -0.05) is 0 Å². The average molecular weight is 372 g/mol. The van der Waals surface area contributed by atoms with Gasteiger partial charge in [0.25, 0.3) is 5.91 Å². The maximum absolute atomic E-state index is 12.5. The first-order chi connectivity index (χ1) is 13.1. The van der Waals surface area contributed by atoms with Gasteiger partial charge < -0.3 is 20.1 Å². The molecule has 1 saturated heterocycles. The number of anilines is 1. The fourth-order valence-electron chi connectivity index (χ4n) is 3.28. The molecule has 2 N–H and O–H groups in total. The van der Waals surface area contributed by atoms with Crippen LogP contribution in [-0.4, -0.2) is 58.4 Å². The molecule has 3 rings (SSSR count). The Balaban J connectivity index is 1.59. The maximum Gasteiger partial charge on any atom is 0.304 e. The van der Waals surface area contributed by atoms with Crippen molar-refractivity contribution in [2.45, 2.75) is 25.3 Å². The summed E-state index contributed by atoms with van der Waals surface area (Å²) < 4.78 is 6.97. The smallest absolute Gasteiger partial charge is 0.304 e. The van der Waals surface area contributed by atoms with Gasteiger partial charge in [0.2, 0.25) is 0 Å². The maximum atomic E-state index is 12.5. The average Bonchev–Trinajstić information content (AvgIpc) is 3.15. The minimum Gasteiger partial charge on any atom is -0.497 e. The third-order valence-electron chi connectivity index (χ3n) is 4.81. The first kappa shape index (κ1) is 18.9. The Morgan fingerprint density at radius 3 is 2.56 bits per heavy atom. The van der Waals surface area contributed by atoms with Crippen molar-refractivity contribution in [2.75, 3.05) is 32.1 Å². The fraction of sp³-hybridized carbons (Fsp3) is 0.421. The molecule has 0 spiro atoms. The van der Waals surface area contributed by atoms with Gasteiger partial charge >= 0.3 is 5.97 Å². The first-order valence-corrected chi connectivity index (χ1v) is 9.00. The predicted octanol–water partition coefficient (Wildman–Crippen LogP) is 2.26. The highest BCUT2D eigenvalue weighted by molar-refractivity contribution is 6.03. The summed E-state index contributed by atoms with van der Waals surface area (Å²) in [7, 11) is 1.58. The van der Waals surface area contributed by atoms with Gasteiger partial charge in [-0.05, 0) is 37.1 Å². The molecule has 1 aromatic heterocycles. The van der Waals surface area contributed by atoms with E-state index < -0.39 is 5.97 Å². The summed E-state index contributed by atoms with van der Waals surface area (Å²) in [6, 6.07) is 8.91. The number of nitrogens with one attached hydrogen (secondary N) is 1. The molecule has 1 aliphatic rings. The second-order valence-corrected chi connectivity index (χ2v) is 6.56. The highest BCUT2D eigenvalue weighted by Gasteiger charge is 2.23. The summed E-state index contributed by atoms with van der Waals surface area (Å²) >= 11 is 0. The van der Waals surface area contributed by atoms with Crippen LogP contribution in [0.1, 0.15) is 35.7 Å². The Morgan fingerprint density at radius 1 is 1.22 bits per heavy atom. The number of likely N-dealkylation sites (tertiary alicyclic amines) is 1. The van der Waals surface area contributed by atoms with Gasteiger partial charge in [0, 0.05) is 31.3 Å². The molecule has 0 unspecified atom stereocenters. The van der Waals surface area contributed by atoms with E-state index in [1.807, 2.05) is 4.68 Å². The van der Waals surface area contributed by atoms with Gasteiger partial charge in [0.05, 0.1) is 25.8 Å². The molecule has 144 valence electrons. The topological polar surface area (TPSA) is 96.7 Å². The SMILES string of the molecule is COc1ccc(C(=O)Nc2ccnn2C2CCN(CCC(=O)O)CC2)cc1. The van der Waals surface area contributed by atoms with Crippen molar-refractivity contribution in [1.82, 2.24) is 14.7 Å². The van der Waals surface area contributed by atoms with Gasteiger partial charge in [-0.3, -0.25) is 9.59 Å². The lowest BCUT2D eigenvalue weighted by Crippen LogP contribution is -2.36. The molecular formula is C19H24N4O4. The normalized spacial score (nSPS) is 15.4. The van der Waals surface area contributed by atoms with Crippen LogP contribution in [0, 0.1) is 0 Å². The number of piperidine rings is 1. The van der Waals surface area contributed by atoms with E-state index >= 15 is 0 Å². The number of aliphatic carboxylic acids is 1. The third kappa shape index (κ3) is 4.85. The van der Waals surface area contributed by atoms with Crippen LogP contribution in [0.25, 0.3) is 0 Å². The van der Waals surface area contributed by atoms with Gasteiger partial charge in [-0.15, -0.1) is 0 Å². The summed E-state index contributed by atoms with van der Waals surface area (Å²) in [5, 5.41) is 16.1. The van der Waals surface area contributed by atoms with Crippen molar-refractivity contribution < 1.29 is 19.4 Å². The molecule has 1 fully saturated rings. The Bertz CT molecular complexity index is 779. The summed E-state index contributed by atoms with van der Waals surface area (Å²) in [5.41, 5.74) is 0.548. The highest BCUT2D eigenvalue weighted by Crippen LogP contribution is 2.25. The number of carbonyl (C=O) groups is 2. The van der Waals surface area contributed by atoms with Gasteiger partial charge in [0.1, 0.15) is 11.6 Å². The van der Waals surface area contributed by atoms with Crippen molar-refractivity contribution in [3.05, 3.63) is 42.1 Å². The van der Waals surface area contributed by atoms with Crippen LogP contribution < -0.4 is 10.1 Å². The Morgan fingerprint density at radius 2 is 1.93 bits per heavy atom. The van der Waals surface area contributed by atoms with E-state index in [2.05, 4.69) is 15.3 Å². The standard InChI is InChI=1S/C19H24N4O4/c1-27-16-4-2-14(3-5-16)19(26)21-17-6-10-20-23(17)15-7-11-22(12-8-15)13-9-18(24)25/h2-6,10,15H,7-9,11-13H2,1H3,(H,21,26)(H,24,25). The number of ether oxygens (including phenoxy) is 1. The van der Waals surface area contributed by atoms with Crippen molar-refractivity contribution in [3.8, 4) is 5.75 Å². The second kappa shape index (κ2) is 8.68. The van der Waals surface area contributed by atoms with E-state index in [9.17, 15) is 9.59 Å². The van der Waals surface area contributed by atoms with Gasteiger partial charge in [-0.2, -0.15) is 5.10 Å². The van der Waals surface area contributed by atoms with Crippen LogP contribution in [-0.2, 0) is 4.79 Å². The summed E-state index contributed by atoms with van der Waals surface area (Å²) in [4.78, 5) is 25.4. The minimum absolute atomic E-state index is 0.162. The quantitative estimate of drug-likeness (QED) is 0.774. The van der Waals surface area contributed by atoms with E-state index in [0.29, 0.717) is 23.7 Å². The number of aromatic nitrogens is 2. The molecule has 1 amide bonds. The summed E-state index contributed by atoms with van der Waals surface area (Å²) in [6.07, 6.45) is 3.58. The number of carboxylic acids is 1. The molecular weight excluding hydrogens is 348 g/mol. The number of carboxylic acid groups (broad SMARTS) is 1. The number of hydrogen-bond acceptors (Lipinski definition) is 5. The Labute approximate surface area is 157 Å². The lowest BCUT2D eigenvalue weighted by molar-refractivity contribution is -0.137. The third-order valence-corrected chi connectivity index (χ3v) is 4.81. The van der Waals surface area contributed by atoms with Crippen molar-refractivity contribution >= 4 is 17.7 Å². The van der Waals surface area contributed by atoms with Crippen LogP contribution in [0.4, 0.5) is 5.82 Å². The molecule has 0 atom stereocenters. The molecule has 2 aromatic rings. The van der Waals surface area contributed by atoms with E-state index in [-0.39, 0.29) is 18.4 Å². The van der Waals surface area contributed by atoms with Crippen LogP contribution in [0.3, 0.4) is 0 Å². The molecule has 0 radical (unpaired) electrons. The monoisotopic (exact) mass is 372 g/mol. The zero-order valence-corrected chi connectivity index (χ0v) is 15.3. The summed E-state index contributed by atoms with van der Waals surface area (Å²) in [6.45, 7) is 2.22. The highest BCUT2D eigenvalue weighted by atomic mass is 16.5. The van der Waals surface area contributed by atoms with Crippen molar-refractivity contribution in [3.63, 3.8) is 0 Å². The van der Waals surface area contributed by atoms with Gasteiger partial charge in [-0.25, -0.2) is 4.68 Å². The van der Waals surface area contributed by atoms with Gasteiger partial charge in [0.15, 0.2) is 0 Å². The van der Waals surface area contributed by atoms with Crippen LogP contribution in [0.2, 0.25) is 0 Å². The van der Waals surface area contributed by atoms with Crippen LogP contribution in [0.15, 0.2) is 36.5 Å². The molecule has 0 bridgehead atoms.